The van der Waals surface area contributed by atoms with E-state index in [0.29, 0.717) is 12.0 Å². The summed E-state index contributed by atoms with van der Waals surface area (Å²) >= 11 is 0. The summed E-state index contributed by atoms with van der Waals surface area (Å²) in [6.45, 7) is 9.62. The molecule has 2 aromatic carbocycles. The van der Waals surface area contributed by atoms with Crippen LogP contribution in [0.25, 0.3) is 0 Å². The maximum Gasteiger partial charge on any atom is 0.303 e. The quantitative estimate of drug-likeness (QED) is 0.196. The Morgan fingerprint density at radius 2 is 1.40 bits per heavy atom. The second kappa shape index (κ2) is 16.3. The first kappa shape index (κ1) is 35.9. The maximum absolute atomic E-state index is 12.3. The van der Waals surface area contributed by atoms with Crippen molar-refractivity contribution in [3.05, 3.63) is 64.7 Å². The third kappa shape index (κ3) is 9.79. The minimum atomic E-state index is -1.22. The summed E-state index contributed by atoms with van der Waals surface area (Å²) in [7, 11) is 0. The van der Waals surface area contributed by atoms with Gasteiger partial charge in [0.05, 0.1) is 6.61 Å². The smallest absolute Gasteiger partial charge is 0.303 e. The molecule has 0 aromatic heterocycles. The van der Waals surface area contributed by atoms with Crippen molar-refractivity contribution in [2.75, 3.05) is 13.2 Å². The molecule has 4 rings (SSSR count). The SMILES string of the molecule is CCC1(COc2ccc(Cc3cc([C@@H]4O[C@H](COC(C)=O)[C@@H](OC(C)=O)[C@H](OC(C)=O)[C@H]4OC(C)=O)ccc3C)cc2)CCCCC1. The van der Waals surface area contributed by atoms with E-state index >= 15 is 0 Å². The lowest BCUT2D eigenvalue weighted by molar-refractivity contribution is -0.254. The third-order valence-corrected chi connectivity index (χ3v) is 9.22. The molecular formula is C37H48O10. The number of carbonyl (C=O) groups is 4. The number of ether oxygens (including phenoxy) is 6. The maximum atomic E-state index is 12.3. The largest absolute Gasteiger partial charge is 0.493 e. The monoisotopic (exact) mass is 652 g/mol. The minimum absolute atomic E-state index is 0.267. The van der Waals surface area contributed by atoms with Crippen LogP contribution < -0.4 is 4.74 Å². The molecule has 1 saturated heterocycles. The summed E-state index contributed by atoms with van der Waals surface area (Å²) in [5.41, 5.74) is 4.06. The van der Waals surface area contributed by atoms with Gasteiger partial charge in [-0.05, 0) is 67.0 Å². The number of hydrogen-bond donors (Lipinski definition) is 0. The van der Waals surface area contributed by atoms with Crippen molar-refractivity contribution in [1.82, 2.24) is 0 Å². The molecule has 1 aliphatic carbocycles. The van der Waals surface area contributed by atoms with E-state index < -0.39 is 54.4 Å². The van der Waals surface area contributed by atoms with Crippen LogP contribution in [0, 0.1) is 12.3 Å². The number of benzene rings is 2. The lowest BCUT2D eigenvalue weighted by Crippen LogP contribution is -2.59. The Labute approximate surface area is 277 Å². The highest BCUT2D eigenvalue weighted by molar-refractivity contribution is 5.69. The molecule has 0 spiro atoms. The Morgan fingerprint density at radius 1 is 0.787 bits per heavy atom. The lowest BCUT2D eigenvalue weighted by Gasteiger charge is -2.44. The molecule has 256 valence electrons. The molecule has 10 heteroatoms. The van der Waals surface area contributed by atoms with Crippen LogP contribution in [0.5, 0.6) is 5.75 Å². The Balaban J connectivity index is 1.59. The first-order valence-corrected chi connectivity index (χ1v) is 16.5. The van der Waals surface area contributed by atoms with Gasteiger partial charge in [0.25, 0.3) is 0 Å². The van der Waals surface area contributed by atoms with E-state index in [4.69, 9.17) is 28.4 Å². The highest BCUT2D eigenvalue weighted by Crippen LogP contribution is 2.40. The molecule has 10 nitrogen and oxygen atoms in total. The van der Waals surface area contributed by atoms with Gasteiger partial charge in [-0.15, -0.1) is 0 Å². The first-order valence-electron chi connectivity index (χ1n) is 16.5. The second-order valence-electron chi connectivity index (χ2n) is 12.8. The van der Waals surface area contributed by atoms with Crippen LogP contribution in [0.15, 0.2) is 42.5 Å². The van der Waals surface area contributed by atoms with Gasteiger partial charge >= 0.3 is 23.9 Å². The fourth-order valence-electron chi connectivity index (χ4n) is 6.62. The van der Waals surface area contributed by atoms with Crippen LogP contribution >= 0.6 is 0 Å². The van der Waals surface area contributed by atoms with E-state index in [2.05, 4.69) is 19.1 Å². The predicted octanol–water partition coefficient (Wildman–Crippen LogP) is 6.12. The second-order valence-corrected chi connectivity index (χ2v) is 12.8. The van der Waals surface area contributed by atoms with Gasteiger partial charge in [-0.25, -0.2) is 0 Å². The van der Waals surface area contributed by atoms with E-state index in [0.717, 1.165) is 35.5 Å². The van der Waals surface area contributed by atoms with Crippen LogP contribution in [0.3, 0.4) is 0 Å². The molecule has 0 bridgehead atoms. The van der Waals surface area contributed by atoms with E-state index in [1.807, 2.05) is 37.3 Å². The molecule has 0 radical (unpaired) electrons. The summed E-state index contributed by atoms with van der Waals surface area (Å²) in [5, 5.41) is 0. The number of aryl methyl sites for hydroxylation is 1. The Hall–Kier alpha value is -3.92. The number of carbonyl (C=O) groups excluding carboxylic acids is 4. The van der Waals surface area contributed by atoms with Crippen LogP contribution in [-0.2, 0) is 49.3 Å². The minimum Gasteiger partial charge on any atom is -0.493 e. The molecule has 2 aromatic rings. The predicted molar refractivity (Wildman–Crippen MR) is 173 cm³/mol. The standard InChI is InChI=1S/C37H48O10/c1-7-37(17-9-8-10-18-37)22-43-31-15-12-28(13-16-31)19-30-20-29(14-11-23(30)2)33-35(45-26(5)40)36(46-27(6)41)34(44-25(4)39)32(47-33)21-42-24(3)38/h11-16,20,32-36H,7-10,17-19,21-22H2,1-6H3/t32-,33+,34-,35+,36+/m1/s1. The number of rotatable bonds is 12. The van der Waals surface area contributed by atoms with E-state index in [9.17, 15) is 19.2 Å². The lowest BCUT2D eigenvalue weighted by atomic mass is 9.73. The molecule has 2 fully saturated rings. The average Bonchev–Trinajstić information content (AvgIpc) is 3.02. The van der Waals surface area contributed by atoms with Gasteiger partial charge in [0, 0.05) is 33.1 Å². The first-order chi connectivity index (χ1) is 22.4. The van der Waals surface area contributed by atoms with Gasteiger partial charge in [-0.3, -0.25) is 19.2 Å². The fourth-order valence-corrected chi connectivity index (χ4v) is 6.62. The van der Waals surface area contributed by atoms with E-state index in [1.54, 1.807) is 0 Å². The van der Waals surface area contributed by atoms with Gasteiger partial charge in [0.2, 0.25) is 0 Å². The highest BCUT2D eigenvalue weighted by atomic mass is 16.7. The molecule has 0 unspecified atom stereocenters. The summed E-state index contributed by atoms with van der Waals surface area (Å²) in [5.74, 6) is -1.68. The Morgan fingerprint density at radius 3 is 2.00 bits per heavy atom. The van der Waals surface area contributed by atoms with E-state index in [-0.39, 0.29) is 12.0 Å². The average molecular weight is 653 g/mol. The van der Waals surface area contributed by atoms with Gasteiger partial charge in [-0.2, -0.15) is 0 Å². The summed E-state index contributed by atoms with van der Waals surface area (Å²) in [6, 6.07) is 13.9. The highest BCUT2D eigenvalue weighted by Gasteiger charge is 2.52. The molecule has 5 atom stereocenters. The number of esters is 4. The molecular weight excluding hydrogens is 604 g/mol. The van der Waals surface area contributed by atoms with Crippen molar-refractivity contribution < 1.29 is 47.6 Å². The van der Waals surface area contributed by atoms with Gasteiger partial charge in [0.1, 0.15) is 24.6 Å². The summed E-state index contributed by atoms with van der Waals surface area (Å²) in [6.07, 6.45) is 2.50. The molecule has 1 heterocycles. The molecule has 1 aliphatic heterocycles. The van der Waals surface area contributed by atoms with Gasteiger partial charge in [0.15, 0.2) is 18.3 Å². The Kier molecular flexibility index (Phi) is 12.4. The molecule has 1 saturated carbocycles. The van der Waals surface area contributed by atoms with Crippen molar-refractivity contribution in [2.45, 2.75) is 117 Å². The zero-order valence-corrected chi connectivity index (χ0v) is 28.4. The van der Waals surface area contributed by atoms with Gasteiger partial charge in [-0.1, -0.05) is 56.5 Å². The molecule has 2 aliphatic rings. The van der Waals surface area contributed by atoms with Crippen molar-refractivity contribution in [2.24, 2.45) is 5.41 Å². The zero-order chi connectivity index (χ0) is 34.1. The van der Waals surface area contributed by atoms with Crippen molar-refractivity contribution in [1.29, 1.82) is 0 Å². The van der Waals surface area contributed by atoms with Crippen LogP contribution in [0.4, 0.5) is 0 Å². The molecule has 0 amide bonds. The van der Waals surface area contributed by atoms with Crippen LogP contribution in [0.1, 0.15) is 102 Å². The number of hydrogen-bond acceptors (Lipinski definition) is 10. The van der Waals surface area contributed by atoms with Crippen molar-refractivity contribution in [3.63, 3.8) is 0 Å². The van der Waals surface area contributed by atoms with Crippen LogP contribution in [-0.4, -0.2) is 61.5 Å². The fraction of sp³-hybridized carbons (Fsp3) is 0.568. The third-order valence-electron chi connectivity index (χ3n) is 9.22. The summed E-state index contributed by atoms with van der Waals surface area (Å²) < 4.78 is 34.7. The zero-order valence-electron chi connectivity index (χ0n) is 28.4. The van der Waals surface area contributed by atoms with Crippen molar-refractivity contribution in [3.8, 4) is 5.75 Å². The van der Waals surface area contributed by atoms with E-state index in [1.165, 1.54) is 59.8 Å². The van der Waals surface area contributed by atoms with Crippen molar-refractivity contribution >= 4 is 23.9 Å². The summed E-state index contributed by atoms with van der Waals surface area (Å²) in [4.78, 5) is 48.3. The molecule has 47 heavy (non-hydrogen) atoms. The normalized spacial score (nSPS) is 23.7. The topological polar surface area (TPSA) is 124 Å². The molecule has 0 N–H and O–H groups in total. The van der Waals surface area contributed by atoms with Crippen LogP contribution in [0.2, 0.25) is 0 Å². The van der Waals surface area contributed by atoms with Gasteiger partial charge < -0.3 is 28.4 Å². The Bertz CT molecular complexity index is 1390.